The third kappa shape index (κ3) is 4.21. The van der Waals surface area contributed by atoms with Crippen LogP contribution in [0.1, 0.15) is 50.0 Å². The summed E-state index contributed by atoms with van der Waals surface area (Å²) in [6.45, 7) is 12.8. The lowest BCUT2D eigenvalue weighted by molar-refractivity contribution is 0.214. The Morgan fingerprint density at radius 1 is 0.963 bits per heavy atom. The average Bonchev–Trinajstić information content (AvgIpc) is 3.34. The van der Waals surface area contributed by atoms with Crippen LogP contribution in [0.5, 0.6) is 0 Å². The zero-order chi connectivity index (χ0) is 18.8. The molecule has 2 aliphatic heterocycles. The smallest absolute Gasteiger partial charge is 0.240 e. The van der Waals surface area contributed by atoms with Gasteiger partial charge in [-0.25, -0.2) is 4.98 Å². The van der Waals surface area contributed by atoms with Crippen molar-refractivity contribution in [2.45, 2.75) is 46.1 Å². The predicted octanol–water partition coefficient (Wildman–Crippen LogP) is 2.21. The molecular weight excluding hydrogens is 342 g/mol. The number of aryl methyl sites for hydroxylation is 1. The first-order valence-corrected chi connectivity index (χ1v) is 9.99. The molecule has 8 nitrogen and oxygen atoms in total. The fourth-order valence-electron chi connectivity index (χ4n) is 3.65. The van der Waals surface area contributed by atoms with Gasteiger partial charge in [-0.15, -0.1) is 0 Å². The summed E-state index contributed by atoms with van der Waals surface area (Å²) in [7, 11) is 0. The Labute approximate surface area is 160 Å². The topological polar surface area (TPSA) is 74.4 Å². The molecule has 2 aromatic rings. The fourth-order valence-corrected chi connectivity index (χ4v) is 3.65. The number of hydrogen-bond acceptors (Lipinski definition) is 8. The fraction of sp³-hybridized carbons (Fsp3) is 0.684. The largest absolute Gasteiger partial charge is 0.356 e. The van der Waals surface area contributed by atoms with Crippen molar-refractivity contribution in [1.82, 2.24) is 25.0 Å². The van der Waals surface area contributed by atoms with Gasteiger partial charge in [0, 0.05) is 56.9 Å². The number of aromatic nitrogens is 4. The zero-order valence-electron chi connectivity index (χ0n) is 16.6. The Bertz CT molecular complexity index is 761. The van der Waals surface area contributed by atoms with E-state index in [1.807, 2.05) is 0 Å². The molecule has 0 saturated carbocycles. The molecule has 0 atom stereocenters. The third-order valence-corrected chi connectivity index (χ3v) is 5.27. The highest BCUT2D eigenvalue weighted by Gasteiger charge is 2.23. The zero-order valence-corrected chi connectivity index (χ0v) is 16.6. The first kappa shape index (κ1) is 18.2. The van der Waals surface area contributed by atoms with Gasteiger partial charge in [0.25, 0.3) is 0 Å². The second-order valence-electron chi connectivity index (χ2n) is 7.83. The van der Waals surface area contributed by atoms with Crippen molar-refractivity contribution in [3.63, 3.8) is 0 Å². The van der Waals surface area contributed by atoms with Crippen molar-refractivity contribution in [2.75, 3.05) is 49.1 Å². The Morgan fingerprint density at radius 3 is 2.37 bits per heavy atom. The van der Waals surface area contributed by atoms with Gasteiger partial charge < -0.3 is 14.3 Å². The van der Waals surface area contributed by atoms with Crippen LogP contribution in [0.3, 0.4) is 0 Å². The van der Waals surface area contributed by atoms with Crippen LogP contribution >= 0.6 is 0 Å². The lowest BCUT2D eigenvalue weighted by Gasteiger charge is -2.34. The maximum absolute atomic E-state index is 5.38. The van der Waals surface area contributed by atoms with Crippen molar-refractivity contribution >= 4 is 11.8 Å². The Morgan fingerprint density at radius 2 is 1.70 bits per heavy atom. The van der Waals surface area contributed by atoms with Gasteiger partial charge >= 0.3 is 0 Å². The molecule has 0 aliphatic carbocycles. The van der Waals surface area contributed by atoms with Gasteiger partial charge in [0.1, 0.15) is 5.82 Å². The summed E-state index contributed by atoms with van der Waals surface area (Å²) in [5.41, 5.74) is 1.04. The molecule has 0 spiro atoms. The quantitative estimate of drug-likeness (QED) is 0.792. The standard InChI is InChI=1S/C19H29N7O/c1-14(2)18-22-17(27-23-18)13-24-8-10-26(11-9-24)19-20-15(3)12-16(21-19)25-6-4-5-7-25/h12,14H,4-11,13H2,1-3H3. The summed E-state index contributed by atoms with van der Waals surface area (Å²) >= 11 is 0. The number of piperazine rings is 1. The minimum Gasteiger partial charge on any atom is -0.356 e. The Hall–Kier alpha value is -2.22. The second kappa shape index (κ2) is 7.80. The summed E-state index contributed by atoms with van der Waals surface area (Å²) in [6.07, 6.45) is 2.51. The first-order valence-electron chi connectivity index (χ1n) is 9.99. The van der Waals surface area contributed by atoms with Crippen LogP contribution < -0.4 is 9.80 Å². The van der Waals surface area contributed by atoms with Crippen LogP contribution in [0.2, 0.25) is 0 Å². The summed E-state index contributed by atoms with van der Waals surface area (Å²) in [5.74, 6) is 3.71. The van der Waals surface area contributed by atoms with Crippen molar-refractivity contribution in [3.05, 3.63) is 23.5 Å². The van der Waals surface area contributed by atoms with Crippen molar-refractivity contribution in [1.29, 1.82) is 0 Å². The van der Waals surface area contributed by atoms with E-state index in [1.165, 1.54) is 12.8 Å². The molecule has 27 heavy (non-hydrogen) atoms. The molecule has 2 aromatic heterocycles. The molecule has 0 aromatic carbocycles. The number of rotatable bonds is 5. The minimum absolute atomic E-state index is 0.294. The summed E-state index contributed by atoms with van der Waals surface area (Å²) in [6, 6.07) is 2.10. The van der Waals surface area contributed by atoms with Gasteiger partial charge in [-0.3, -0.25) is 4.90 Å². The minimum atomic E-state index is 0.294. The predicted molar refractivity (Wildman–Crippen MR) is 104 cm³/mol. The normalized spacial score (nSPS) is 18.7. The van der Waals surface area contributed by atoms with Gasteiger partial charge in [-0.1, -0.05) is 19.0 Å². The number of anilines is 2. The summed E-state index contributed by atoms with van der Waals surface area (Å²) in [5, 5.41) is 4.05. The molecular formula is C19H29N7O. The van der Waals surface area contributed by atoms with Crippen molar-refractivity contribution in [2.24, 2.45) is 0 Å². The van der Waals surface area contributed by atoms with Crippen LogP contribution in [0, 0.1) is 6.92 Å². The molecule has 8 heteroatoms. The van der Waals surface area contributed by atoms with E-state index in [2.05, 4.69) is 56.7 Å². The maximum atomic E-state index is 5.38. The van der Waals surface area contributed by atoms with E-state index >= 15 is 0 Å². The van der Waals surface area contributed by atoms with Crippen molar-refractivity contribution in [3.8, 4) is 0 Å². The monoisotopic (exact) mass is 371 g/mol. The molecule has 146 valence electrons. The summed E-state index contributed by atoms with van der Waals surface area (Å²) in [4.78, 5) is 21.0. The molecule has 0 amide bonds. The second-order valence-corrected chi connectivity index (χ2v) is 7.83. The highest BCUT2D eigenvalue weighted by molar-refractivity contribution is 5.46. The molecule has 0 unspecified atom stereocenters. The number of hydrogen-bond donors (Lipinski definition) is 0. The first-order chi connectivity index (χ1) is 13.1. The average molecular weight is 371 g/mol. The molecule has 0 radical (unpaired) electrons. The molecule has 2 fully saturated rings. The lowest BCUT2D eigenvalue weighted by Crippen LogP contribution is -2.46. The van der Waals surface area contributed by atoms with E-state index < -0.39 is 0 Å². The van der Waals surface area contributed by atoms with Crippen molar-refractivity contribution < 1.29 is 4.52 Å². The van der Waals surface area contributed by atoms with Crippen LogP contribution in [0.4, 0.5) is 11.8 Å². The number of nitrogens with zero attached hydrogens (tertiary/aromatic N) is 7. The van der Waals surface area contributed by atoms with E-state index in [9.17, 15) is 0 Å². The lowest BCUT2D eigenvalue weighted by atomic mass is 10.2. The molecule has 4 heterocycles. The van der Waals surface area contributed by atoms with Gasteiger partial charge in [0.05, 0.1) is 6.54 Å². The van der Waals surface area contributed by atoms with E-state index in [0.29, 0.717) is 18.4 Å². The SMILES string of the molecule is Cc1cc(N2CCCC2)nc(N2CCN(Cc3nc(C(C)C)no3)CC2)n1. The van der Waals surface area contributed by atoms with E-state index in [0.717, 1.165) is 62.6 Å². The van der Waals surface area contributed by atoms with E-state index in [4.69, 9.17) is 9.51 Å². The Balaban J connectivity index is 1.37. The van der Waals surface area contributed by atoms with Gasteiger partial charge in [-0.05, 0) is 19.8 Å². The molecule has 0 bridgehead atoms. The summed E-state index contributed by atoms with van der Waals surface area (Å²) < 4.78 is 5.38. The van der Waals surface area contributed by atoms with Crippen LogP contribution in [0.25, 0.3) is 0 Å². The maximum Gasteiger partial charge on any atom is 0.240 e. The van der Waals surface area contributed by atoms with Gasteiger partial charge in [0.2, 0.25) is 11.8 Å². The highest BCUT2D eigenvalue weighted by atomic mass is 16.5. The third-order valence-electron chi connectivity index (χ3n) is 5.27. The van der Waals surface area contributed by atoms with E-state index in [1.54, 1.807) is 0 Å². The molecule has 2 saturated heterocycles. The van der Waals surface area contributed by atoms with E-state index in [-0.39, 0.29) is 0 Å². The molecule has 2 aliphatic rings. The van der Waals surface area contributed by atoms with Crippen LogP contribution in [-0.4, -0.2) is 64.3 Å². The van der Waals surface area contributed by atoms with Crippen LogP contribution in [0.15, 0.2) is 10.6 Å². The molecule has 4 rings (SSSR count). The highest BCUT2D eigenvalue weighted by Crippen LogP contribution is 2.22. The van der Waals surface area contributed by atoms with Gasteiger partial charge in [-0.2, -0.15) is 9.97 Å². The van der Waals surface area contributed by atoms with Gasteiger partial charge in [0.15, 0.2) is 5.82 Å². The van der Waals surface area contributed by atoms with Crippen LogP contribution in [-0.2, 0) is 6.54 Å². The molecule has 0 N–H and O–H groups in total. The Kier molecular flexibility index (Phi) is 5.24.